The second-order valence-corrected chi connectivity index (χ2v) is 7.82. The smallest absolute Gasteiger partial charge is 0.240 e. The van der Waals surface area contributed by atoms with Crippen LogP contribution >= 0.6 is 0 Å². The van der Waals surface area contributed by atoms with Crippen LogP contribution in [0.25, 0.3) is 0 Å². The van der Waals surface area contributed by atoms with E-state index in [1.54, 1.807) is 6.92 Å². The van der Waals surface area contributed by atoms with E-state index in [9.17, 15) is 18.0 Å². The summed E-state index contributed by atoms with van der Waals surface area (Å²) in [5.41, 5.74) is 0.157. The maximum atomic E-state index is 12.5. The number of anilines is 1. The molecule has 0 unspecified atom stereocenters. The Morgan fingerprint density at radius 3 is 2.21 bits per heavy atom. The summed E-state index contributed by atoms with van der Waals surface area (Å²) in [7, 11) is -2.37. The van der Waals surface area contributed by atoms with Gasteiger partial charge in [0.05, 0.1) is 17.7 Å². The summed E-state index contributed by atoms with van der Waals surface area (Å²) in [6.45, 7) is 5.60. The van der Waals surface area contributed by atoms with Crippen LogP contribution in [0.3, 0.4) is 0 Å². The maximum absolute atomic E-state index is 12.5. The Balaban J connectivity index is 2.45. The highest BCUT2D eigenvalue weighted by Crippen LogP contribution is 2.34. The standard InChI is InChI=1S/C16H22N2O5S/c1-10(2)11(3)17-24(21,22)12-5-6-14(23-4)13(9-12)18-15(19)7-8-16(18)20/h5-6,9-11,17H,7-8H2,1-4H3/t11-/m0/s1. The van der Waals surface area contributed by atoms with Gasteiger partial charge >= 0.3 is 0 Å². The largest absolute Gasteiger partial charge is 0.495 e. The minimum Gasteiger partial charge on any atom is -0.495 e. The lowest BCUT2D eigenvalue weighted by Crippen LogP contribution is -2.36. The van der Waals surface area contributed by atoms with Crippen LogP contribution in [-0.4, -0.2) is 33.4 Å². The molecule has 1 aliphatic heterocycles. The highest BCUT2D eigenvalue weighted by molar-refractivity contribution is 7.89. The number of methoxy groups -OCH3 is 1. The second-order valence-electron chi connectivity index (χ2n) is 6.11. The van der Waals surface area contributed by atoms with Crippen molar-refractivity contribution in [2.45, 2.75) is 44.6 Å². The number of rotatable bonds is 6. The Kier molecular flexibility index (Phi) is 5.29. The van der Waals surface area contributed by atoms with Crippen molar-refractivity contribution >= 4 is 27.5 Å². The first-order valence-electron chi connectivity index (χ1n) is 7.73. The molecule has 0 saturated carbocycles. The fourth-order valence-electron chi connectivity index (χ4n) is 2.31. The Hall–Kier alpha value is -1.93. The number of benzene rings is 1. The third kappa shape index (κ3) is 3.59. The zero-order chi connectivity index (χ0) is 18.1. The summed E-state index contributed by atoms with van der Waals surface area (Å²) in [4.78, 5) is 24.9. The van der Waals surface area contributed by atoms with E-state index in [0.717, 1.165) is 4.90 Å². The molecule has 1 aromatic rings. The first-order valence-corrected chi connectivity index (χ1v) is 9.22. The van der Waals surface area contributed by atoms with E-state index in [4.69, 9.17) is 4.74 Å². The summed E-state index contributed by atoms with van der Waals surface area (Å²) in [6, 6.07) is 3.89. The lowest BCUT2D eigenvalue weighted by Gasteiger charge is -2.20. The predicted octanol–water partition coefficient (Wildman–Crippen LogP) is 1.67. The third-order valence-corrected chi connectivity index (χ3v) is 5.65. The molecule has 0 aliphatic carbocycles. The summed E-state index contributed by atoms with van der Waals surface area (Å²) in [5.74, 6) is -0.332. The van der Waals surface area contributed by atoms with Crippen molar-refractivity contribution in [2.75, 3.05) is 12.0 Å². The molecule has 2 rings (SSSR count). The predicted molar refractivity (Wildman–Crippen MR) is 89.3 cm³/mol. The maximum Gasteiger partial charge on any atom is 0.240 e. The van der Waals surface area contributed by atoms with E-state index in [0.29, 0.717) is 0 Å². The molecule has 7 nitrogen and oxygen atoms in total. The van der Waals surface area contributed by atoms with Crippen LogP contribution in [0.1, 0.15) is 33.6 Å². The zero-order valence-electron chi connectivity index (χ0n) is 14.2. The van der Waals surface area contributed by atoms with Crippen molar-refractivity contribution in [3.8, 4) is 5.75 Å². The number of ether oxygens (including phenoxy) is 1. The van der Waals surface area contributed by atoms with Crippen LogP contribution in [0.4, 0.5) is 5.69 Å². The van der Waals surface area contributed by atoms with Gasteiger partial charge in [-0.1, -0.05) is 13.8 Å². The second kappa shape index (κ2) is 6.90. The van der Waals surface area contributed by atoms with E-state index in [1.807, 2.05) is 13.8 Å². The van der Waals surface area contributed by atoms with Crippen molar-refractivity contribution in [2.24, 2.45) is 5.92 Å². The molecule has 1 fully saturated rings. The van der Waals surface area contributed by atoms with Crippen molar-refractivity contribution in [3.63, 3.8) is 0 Å². The number of carbonyl (C=O) groups excluding carboxylic acids is 2. The topological polar surface area (TPSA) is 92.8 Å². The number of amides is 2. The van der Waals surface area contributed by atoms with E-state index in [2.05, 4.69) is 4.72 Å². The van der Waals surface area contributed by atoms with Gasteiger partial charge < -0.3 is 4.74 Å². The van der Waals surface area contributed by atoms with Gasteiger partial charge in [-0.05, 0) is 31.0 Å². The van der Waals surface area contributed by atoms with Gasteiger partial charge in [-0.25, -0.2) is 18.0 Å². The van der Waals surface area contributed by atoms with Crippen LogP contribution in [0.5, 0.6) is 5.75 Å². The Bertz CT molecular complexity index is 742. The van der Waals surface area contributed by atoms with Gasteiger partial charge in [0.2, 0.25) is 21.8 Å². The molecule has 1 aromatic carbocycles. The van der Waals surface area contributed by atoms with Gasteiger partial charge in [0.1, 0.15) is 5.75 Å². The average Bonchev–Trinajstić information content (AvgIpc) is 2.85. The number of carbonyl (C=O) groups is 2. The molecule has 1 aliphatic rings. The highest BCUT2D eigenvalue weighted by Gasteiger charge is 2.33. The van der Waals surface area contributed by atoms with Gasteiger partial charge in [-0.2, -0.15) is 0 Å². The molecule has 1 saturated heterocycles. The van der Waals surface area contributed by atoms with E-state index in [-0.39, 0.29) is 52.9 Å². The molecule has 132 valence electrons. The average molecular weight is 354 g/mol. The third-order valence-electron chi connectivity index (χ3n) is 4.09. The lowest BCUT2D eigenvalue weighted by atomic mass is 10.1. The van der Waals surface area contributed by atoms with E-state index < -0.39 is 10.0 Å². The molecule has 8 heteroatoms. The molecular weight excluding hydrogens is 332 g/mol. The van der Waals surface area contributed by atoms with Crippen LogP contribution in [0.2, 0.25) is 0 Å². The first-order chi connectivity index (χ1) is 11.2. The minimum absolute atomic E-state index is 0.0155. The SMILES string of the molecule is COc1ccc(S(=O)(=O)N[C@@H](C)C(C)C)cc1N1C(=O)CCC1=O. The van der Waals surface area contributed by atoms with Gasteiger partial charge in [-0.15, -0.1) is 0 Å². The molecular formula is C16H22N2O5S. The van der Waals surface area contributed by atoms with Gasteiger partial charge in [0.25, 0.3) is 0 Å². The Morgan fingerprint density at radius 1 is 1.12 bits per heavy atom. The highest BCUT2D eigenvalue weighted by atomic mass is 32.2. The van der Waals surface area contributed by atoms with Crippen LogP contribution in [0, 0.1) is 5.92 Å². The Labute approximate surface area is 142 Å². The van der Waals surface area contributed by atoms with Crippen LogP contribution < -0.4 is 14.4 Å². The van der Waals surface area contributed by atoms with Crippen molar-refractivity contribution in [1.29, 1.82) is 0 Å². The van der Waals surface area contributed by atoms with E-state index in [1.165, 1.54) is 25.3 Å². The van der Waals surface area contributed by atoms with Crippen LogP contribution in [0.15, 0.2) is 23.1 Å². The fourth-order valence-corrected chi connectivity index (χ4v) is 3.72. The molecule has 0 spiro atoms. The molecule has 1 atom stereocenters. The number of sulfonamides is 1. The quantitative estimate of drug-likeness (QED) is 0.785. The molecule has 1 N–H and O–H groups in total. The number of hydrogen-bond acceptors (Lipinski definition) is 5. The summed E-state index contributed by atoms with van der Waals surface area (Å²) in [5, 5.41) is 0. The van der Waals surface area contributed by atoms with Crippen molar-refractivity contribution in [3.05, 3.63) is 18.2 Å². The number of imide groups is 1. The molecule has 24 heavy (non-hydrogen) atoms. The summed E-state index contributed by atoms with van der Waals surface area (Å²) < 4.78 is 32.8. The Morgan fingerprint density at radius 2 is 1.71 bits per heavy atom. The minimum atomic E-state index is -3.77. The molecule has 0 aromatic heterocycles. The summed E-state index contributed by atoms with van der Waals surface area (Å²) >= 11 is 0. The van der Waals surface area contributed by atoms with Gasteiger partial charge in [0.15, 0.2) is 0 Å². The molecule has 0 radical (unpaired) electrons. The number of hydrogen-bond donors (Lipinski definition) is 1. The van der Waals surface area contributed by atoms with Gasteiger partial charge in [-0.3, -0.25) is 9.59 Å². The monoisotopic (exact) mass is 354 g/mol. The first kappa shape index (κ1) is 18.4. The normalized spacial score (nSPS) is 16.8. The number of nitrogens with one attached hydrogen (secondary N) is 1. The molecule has 2 amide bonds. The molecule has 1 heterocycles. The fraction of sp³-hybridized carbons (Fsp3) is 0.500. The van der Waals surface area contributed by atoms with Crippen LogP contribution in [-0.2, 0) is 19.6 Å². The van der Waals surface area contributed by atoms with Gasteiger partial charge in [0, 0.05) is 18.9 Å². The zero-order valence-corrected chi connectivity index (χ0v) is 15.0. The summed E-state index contributed by atoms with van der Waals surface area (Å²) in [6.07, 6.45) is 0.225. The lowest BCUT2D eigenvalue weighted by molar-refractivity contribution is -0.121. The molecule has 0 bridgehead atoms. The van der Waals surface area contributed by atoms with Crippen molar-refractivity contribution in [1.82, 2.24) is 4.72 Å². The van der Waals surface area contributed by atoms with E-state index >= 15 is 0 Å². The number of nitrogens with zero attached hydrogens (tertiary/aromatic N) is 1. The van der Waals surface area contributed by atoms with Crippen molar-refractivity contribution < 1.29 is 22.7 Å².